The van der Waals surface area contributed by atoms with Crippen LogP contribution < -0.4 is 0 Å². The predicted molar refractivity (Wildman–Crippen MR) is 62.5 cm³/mol. The Hall–Kier alpha value is 0.590. The first kappa shape index (κ1) is 13.7. The minimum absolute atomic E-state index is 0.129. The summed E-state index contributed by atoms with van der Waals surface area (Å²) >= 11 is 3.35. The molecule has 15 heavy (non-hydrogen) atoms. The molecule has 0 aromatic carbocycles. The van der Waals surface area contributed by atoms with Crippen LogP contribution in [0.1, 0.15) is 26.7 Å². The van der Waals surface area contributed by atoms with E-state index in [9.17, 15) is 4.57 Å². The van der Waals surface area contributed by atoms with Crippen molar-refractivity contribution in [1.29, 1.82) is 0 Å². The Bertz CT molecular complexity index is 226. The van der Waals surface area contributed by atoms with E-state index < -0.39 is 7.60 Å². The predicted octanol–water partition coefficient (Wildman–Crippen LogP) is 3.15. The largest absolute Gasteiger partial charge is 0.361 e. The maximum atomic E-state index is 12.3. The highest BCUT2D eigenvalue weighted by Gasteiger charge is 2.41. The van der Waals surface area contributed by atoms with Gasteiger partial charge in [-0.1, -0.05) is 15.9 Å². The van der Waals surface area contributed by atoms with Gasteiger partial charge < -0.3 is 13.8 Å². The van der Waals surface area contributed by atoms with Crippen LogP contribution in [0.2, 0.25) is 0 Å². The summed E-state index contributed by atoms with van der Waals surface area (Å²) in [6, 6.07) is 0. The van der Waals surface area contributed by atoms with E-state index in [1.54, 1.807) is 0 Å². The molecule has 0 aromatic rings. The molecule has 1 heterocycles. The van der Waals surface area contributed by atoms with Crippen molar-refractivity contribution in [2.45, 2.75) is 38.6 Å². The molecular formula is C9H18BrO4P. The summed E-state index contributed by atoms with van der Waals surface area (Å²) in [4.78, 5) is 0. The number of ether oxygens (including phenoxy) is 1. The van der Waals surface area contributed by atoms with E-state index in [1.807, 2.05) is 13.8 Å². The molecule has 1 saturated heterocycles. The Morgan fingerprint density at radius 1 is 1.33 bits per heavy atom. The van der Waals surface area contributed by atoms with Crippen molar-refractivity contribution in [3.05, 3.63) is 0 Å². The molecule has 6 heteroatoms. The summed E-state index contributed by atoms with van der Waals surface area (Å²) in [5.74, 6) is -0.389. The van der Waals surface area contributed by atoms with Crippen molar-refractivity contribution >= 4 is 23.5 Å². The van der Waals surface area contributed by atoms with Crippen molar-refractivity contribution < 1.29 is 18.3 Å². The fourth-order valence-electron chi connectivity index (χ4n) is 1.60. The molecule has 90 valence electrons. The van der Waals surface area contributed by atoms with Crippen molar-refractivity contribution in [3.8, 4) is 0 Å². The highest BCUT2D eigenvalue weighted by Crippen LogP contribution is 2.57. The van der Waals surface area contributed by atoms with Gasteiger partial charge in [-0.05, 0) is 26.7 Å². The molecule has 4 nitrogen and oxygen atoms in total. The third-order valence-electron chi connectivity index (χ3n) is 2.23. The zero-order valence-corrected chi connectivity index (χ0v) is 11.6. The highest BCUT2D eigenvalue weighted by molar-refractivity contribution is 9.09. The van der Waals surface area contributed by atoms with Crippen LogP contribution in [0.4, 0.5) is 0 Å². The third-order valence-corrected chi connectivity index (χ3v) is 5.27. The normalized spacial score (nSPS) is 27.1. The summed E-state index contributed by atoms with van der Waals surface area (Å²) in [6.45, 7) is 4.39. The number of halogens is 1. The maximum Gasteiger partial charge on any atom is 0.359 e. The van der Waals surface area contributed by atoms with Crippen molar-refractivity contribution in [2.24, 2.45) is 0 Å². The molecular weight excluding hydrogens is 283 g/mol. The molecule has 0 bridgehead atoms. The first-order valence-electron chi connectivity index (χ1n) is 5.26. The van der Waals surface area contributed by atoms with Gasteiger partial charge in [0.15, 0.2) is 5.85 Å². The van der Waals surface area contributed by atoms with Crippen LogP contribution in [-0.4, -0.2) is 30.5 Å². The molecule has 0 saturated carbocycles. The minimum atomic E-state index is -3.06. The fraction of sp³-hybridized carbons (Fsp3) is 1.00. The van der Waals surface area contributed by atoms with Gasteiger partial charge in [0.1, 0.15) is 0 Å². The number of rotatable bonds is 6. The van der Waals surface area contributed by atoms with E-state index in [4.69, 9.17) is 13.8 Å². The monoisotopic (exact) mass is 300 g/mol. The smallest absolute Gasteiger partial charge is 0.359 e. The van der Waals surface area contributed by atoms with E-state index in [0.717, 1.165) is 18.2 Å². The SMILES string of the molecule is CCOP(=O)(OCC)[C@@H]1CC[C@@H](CBr)O1. The molecule has 0 aliphatic carbocycles. The van der Waals surface area contributed by atoms with Crippen molar-refractivity contribution in [1.82, 2.24) is 0 Å². The van der Waals surface area contributed by atoms with Gasteiger partial charge >= 0.3 is 7.60 Å². The van der Waals surface area contributed by atoms with Gasteiger partial charge in [0.2, 0.25) is 0 Å². The second-order valence-electron chi connectivity index (χ2n) is 3.32. The molecule has 0 aromatic heterocycles. The minimum Gasteiger partial charge on any atom is -0.361 e. The molecule has 0 unspecified atom stereocenters. The lowest BCUT2D eigenvalue weighted by molar-refractivity contribution is 0.0731. The zero-order valence-electron chi connectivity index (χ0n) is 9.15. The fourth-order valence-corrected chi connectivity index (χ4v) is 3.99. The lowest BCUT2D eigenvalue weighted by Crippen LogP contribution is -2.15. The topological polar surface area (TPSA) is 44.8 Å². The van der Waals surface area contributed by atoms with Gasteiger partial charge in [-0.2, -0.15) is 0 Å². The molecule has 0 N–H and O–H groups in total. The van der Waals surface area contributed by atoms with Gasteiger partial charge in [0, 0.05) is 5.33 Å². The standard InChI is InChI=1S/C9H18BrO4P/c1-3-12-15(11,13-4-2)9-6-5-8(7-10)14-9/h8-9H,3-7H2,1-2H3/t8-,9+/m0/s1. The number of alkyl halides is 1. The van der Waals surface area contributed by atoms with Crippen LogP contribution in [0.5, 0.6) is 0 Å². The quantitative estimate of drug-likeness (QED) is 0.558. The van der Waals surface area contributed by atoms with Gasteiger partial charge in [-0.3, -0.25) is 4.57 Å². The van der Waals surface area contributed by atoms with Crippen LogP contribution in [0, 0.1) is 0 Å². The van der Waals surface area contributed by atoms with Crippen LogP contribution in [0.3, 0.4) is 0 Å². The Kier molecular flexibility index (Phi) is 5.79. The van der Waals surface area contributed by atoms with E-state index in [1.165, 1.54) is 0 Å². The summed E-state index contributed by atoms with van der Waals surface area (Å²) in [7, 11) is -3.06. The lowest BCUT2D eigenvalue weighted by atomic mass is 10.3. The first-order valence-corrected chi connectivity index (χ1v) is 7.99. The molecule has 0 amide bonds. The Labute approximate surface area is 99.3 Å². The molecule has 1 fully saturated rings. The van der Waals surface area contributed by atoms with E-state index in [2.05, 4.69) is 15.9 Å². The first-order chi connectivity index (χ1) is 7.16. The van der Waals surface area contributed by atoms with Gasteiger partial charge in [-0.15, -0.1) is 0 Å². The average molecular weight is 301 g/mol. The molecule has 1 aliphatic rings. The maximum absolute atomic E-state index is 12.3. The summed E-state index contributed by atoms with van der Waals surface area (Å²) in [6.07, 6.45) is 1.78. The molecule has 0 spiro atoms. The molecule has 1 aliphatic heterocycles. The second kappa shape index (κ2) is 6.36. The zero-order chi connectivity index (χ0) is 11.3. The van der Waals surface area contributed by atoms with Crippen molar-refractivity contribution in [3.63, 3.8) is 0 Å². The summed E-state index contributed by atoms with van der Waals surface area (Å²) in [5, 5.41) is 0.766. The van der Waals surface area contributed by atoms with Gasteiger partial charge in [-0.25, -0.2) is 0 Å². The van der Waals surface area contributed by atoms with Crippen LogP contribution in [0.15, 0.2) is 0 Å². The summed E-state index contributed by atoms with van der Waals surface area (Å²) in [5.41, 5.74) is 0. The van der Waals surface area contributed by atoms with Crippen LogP contribution in [-0.2, 0) is 18.3 Å². The molecule has 0 radical (unpaired) electrons. The molecule has 1 rings (SSSR count). The number of hydrogen-bond donors (Lipinski definition) is 0. The van der Waals surface area contributed by atoms with E-state index in [0.29, 0.717) is 13.2 Å². The summed E-state index contributed by atoms with van der Waals surface area (Å²) < 4.78 is 28.4. The average Bonchev–Trinajstić information content (AvgIpc) is 2.67. The Balaban J connectivity index is 2.61. The second-order valence-corrected chi connectivity index (χ2v) is 6.14. The highest BCUT2D eigenvalue weighted by atomic mass is 79.9. The Morgan fingerprint density at radius 2 is 1.93 bits per heavy atom. The Morgan fingerprint density at radius 3 is 2.33 bits per heavy atom. The van der Waals surface area contributed by atoms with Crippen molar-refractivity contribution in [2.75, 3.05) is 18.5 Å². The van der Waals surface area contributed by atoms with Crippen LogP contribution in [0.25, 0.3) is 0 Å². The van der Waals surface area contributed by atoms with Crippen LogP contribution >= 0.6 is 23.5 Å². The van der Waals surface area contributed by atoms with E-state index in [-0.39, 0.29) is 11.9 Å². The van der Waals surface area contributed by atoms with E-state index >= 15 is 0 Å². The third kappa shape index (κ3) is 3.53. The lowest BCUT2D eigenvalue weighted by Gasteiger charge is -2.22. The van der Waals surface area contributed by atoms with Gasteiger partial charge in [0.25, 0.3) is 0 Å². The van der Waals surface area contributed by atoms with Gasteiger partial charge in [0.05, 0.1) is 19.3 Å². The number of hydrogen-bond acceptors (Lipinski definition) is 4. The molecule has 2 atom stereocenters.